The molecule has 1 rings (SSSR count). The van der Waals surface area contributed by atoms with Crippen LogP contribution in [0.3, 0.4) is 0 Å². The molecule has 17 heavy (non-hydrogen) atoms. The van der Waals surface area contributed by atoms with Gasteiger partial charge >= 0.3 is 6.09 Å². The van der Waals surface area contributed by atoms with Crippen molar-refractivity contribution in [1.82, 2.24) is 5.43 Å². The molecule has 4 nitrogen and oxygen atoms in total. The van der Waals surface area contributed by atoms with Gasteiger partial charge in [0, 0.05) is 0 Å². The van der Waals surface area contributed by atoms with Crippen LogP contribution >= 0.6 is 0 Å². The van der Waals surface area contributed by atoms with E-state index in [1.165, 1.54) is 6.42 Å². The van der Waals surface area contributed by atoms with Gasteiger partial charge in [0.15, 0.2) is 0 Å². The van der Waals surface area contributed by atoms with Crippen molar-refractivity contribution in [2.75, 3.05) is 13.1 Å². The summed E-state index contributed by atoms with van der Waals surface area (Å²) in [4.78, 5) is 12.4. The number of hydrogen-bond acceptors (Lipinski definition) is 3. The third-order valence-corrected chi connectivity index (χ3v) is 2.83. The van der Waals surface area contributed by atoms with Crippen LogP contribution in [0.1, 0.15) is 53.9 Å². The lowest BCUT2D eigenvalue weighted by molar-refractivity contribution is -0.909. The van der Waals surface area contributed by atoms with Gasteiger partial charge in [0.2, 0.25) is 0 Å². The summed E-state index contributed by atoms with van der Waals surface area (Å²) in [5.74, 6) is 0. The van der Waals surface area contributed by atoms with Gasteiger partial charge in [-0.25, -0.2) is 0 Å². The second-order valence-corrected chi connectivity index (χ2v) is 6.24. The molecule has 1 saturated heterocycles. The van der Waals surface area contributed by atoms with Crippen LogP contribution < -0.4 is 5.43 Å². The molecule has 0 aromatic rings. The van der Waals surface area contributed by atoms with Crippen molar-refractivity contribution in [2.45, 2.75) is 65.5 Å². The molecule has 0 unspecified atom stereocenters. The maximum atomic E-state index is 12.4. The largest absolute Gasteiger partial charge is 0.536 e. The highest BCUT2D eigenvalue weighted by Gasteiger charge is 2.43. The zero-order valence-corrected chi connectivity index (χ0v) is 11.9. The normalized spacial score (nSPS) is 20.4. The summed E-state index contributed by atoms with van der Waals surface area (Å²) >= 11 is 0. The number of piperidine rings is 1. The second-order valence-electron chi connectivity index (χ2n) is 6.24. The van der Waals surface area contributed by atoms with Gasteiger partial charge in [-0.05, 0) is 53.9 Å². The summed E-state index contributed by atoms with van der Waals surface area (Å²) in [7, 11) is 0. The van der Waals surface area contributed by atoms with Gasteiger partial charge in [-0.15, -0.1) is 4.59 Å². The molecule has 1 amide bonds. The molecule has 4 heteroatoms. The Kier molecular flexibility index (Phi) is 4.55. The molecular weight excluding hydrogens is 216 g/mol. The number of likely N-dealkylation sites (tertiary alicyclic amines) is 1. The first-order chi connectivity index (χ1) is 7.75. The van der Waals surface area contributed by atoms with Gasteiger partial charge in [-0.2, -0.15) is 10.2 Å². The SMILES string of the molecule is CC(C)N[N+]1(C(=O)OC(C)(C)C)CCCCC1. The lowest BCUT2D eigenvalue weighted by atomic mass is 10.1. The zero-order valence-electron chi connectivity index (χ0n) is 11.9. The molecule has 0 aromatic heterocycles. The number of hydrogen-bond donors (Lipinski definition) is 1. The van der Waals surface area contributed by atoms with Gasteiger partial charge in [-0.1, -0.05) is 0 Å². The highest BCUT2D eigenvalue weighted by Crippen LogP contribution is 2.21. The van der Waals surface area contributed by atoms with Gasteiger partial charge in [0.05, 0.1) is 6.04 Å². The third-order valence-electron chi connectivity index (χ3n) is 2.83. The van der Waals surface area contributed by atoms with Crippen LogP contribution in [0.5, 0.6) is 0 Å². The van der Waals surface area contributed by atoms with E-state index in [2.05, 4.69) is 19.3 Å². The van der Waals surface area contributed by atoms with E-state index >= 15 is 0 Å². The maximum Gasteiger partial charge on any atom is 0.536 e. The Hall–Kier alpha value is -0.610. The van der Waals surface area contributed by atoms with E-state index in [-0.39, 0.29) is 16.7 Å². The fourth-order valence-corrected chi connectivity index (χ4v) is 2.26. The summed E-state index contributed by atoms with van der Waals surface area (Å²) in [5.41, 5.74) is 2.96. The van der Waals surface area contributed by atoms with E-state index in [0.29, 0.717) is 0 Å². The molecular formula is C13H27N2O2+. The lowest BCUT2D eigenvalue weighted by Crippen LogP contribution is -2.66. The third kappa shape index (κ3) is 4.28. The summed E-state index contributed by atoms with van der Waals surface area (Å²) < 4.78 is 5.84. The lowest BCUT2D eigenvalue weighted by Gasteiger charge is -2.39. The Morgan fingerprint density at radius 2 is 1.71 bits per heavy atom. The number of amides is 1. The fraction of sp³-hybridized carbons (Fsp3) is 0.923. The molecule has 0 saturated carbocycles. The Labute approximate surface area is 105 Å². The van der Waals surface area contributed by atoms with Crippen LogP contribution in [-0.2, 0) is 4.74 Å². The Morgan fingerprint density at radius 1 is 1.18 bits per heavy atom. The van der Waals surface area contributed by atoms with Crippen LogP contribution in [0.2, 0.25) is 0 Å². The molecule has 0 radical (unpaired) electrons. The highest BCUT2D eigenvalue weighted by molar-refractivity contribution is 5.60. The van der Waals surface area contributed by atoms with Crippen molar-refractivity contribution in [2.24, 2.45) is 0 Å². The highest BCUT2D eigenvalue weighted by atomic mass is 16.6. The molecule has 0 aliphatic carbocycles. The molecule has 1 heterocycles. The summed E-state index contributed by atoms with van der Waals surface area (Å²) in [5, 5.41) is 0. The van der Waals surface area contributed by atoms with E-state index in [4.69, 9.17) is 4.74 Å². The molecule has 1 fully saturated rings. The molecule has 0 bridgehead atoms. The van der Waals surface area contributed by atoms with Gasteiger partial charge in [0.1, 0.15) is 18.7 Å². The summed E-state index contributed by atoms with van der Waals surface area (Å²) in [6.45, 7) is 11.6. The zero-order chi connectivity index (χ0) is 13.1. The molecule has 1 aliphatic heterocycles. The molecule has 1 aliphatic rings. The predicted octanol–water partition coefficient (Wildman–Crippen LogP) is 2.84. The minimum atomic E-state index is -0.418. The molecule has 0 spiro atoms. The van der Waals surface area contributed by atoms with Crippen molar-refractivity contribution < 1.29 is 14.1 Å². The van der Waals surface area contributed by atoms with E-state index in [0.717, 1.165) is 25.9 Å². The van der Waals surface area contributed by atoms with Crippen molar-refractivity contribution in [3.8, 4) is 0 Å². The minimum Gasteiger partial charge on any atom is -0.413 e. The molecule has 0 atom stereocenters. The number of rotatable bonds is 2. The Bertz CT molecular complexity index is 263. The first-order valence-corrected chi connectivity index (χ1v) is 6.64. The van der Waals surface area contributed by atoms with E-state index in [9.17, 15) is 4.79 Å². The number of quaternary nitrogens is 1. The van der Waals surface area contributed by atoms with Crippen LogP contribution in [0.25, 0.3) is 0 Å². The number of nitrogens with one attached hydrogen (secondary N) is 1. The number of carbonyl (C=O) groups is 1. The number of ether oxygens (including phenoxy) is 1. The summed E-state index contributed by atoms with van der Waals surface area (Å²) in [6, 6.07) is 0.278. The van der Waals surface area contributed by atoms with E-state index in [1.807, 2.05) is 20.8 Å². The van der Waals surface area contributed by atoms with Gasteiger partial charge in [0.25, 0.3) is 0 Å². The summed E-state index contributed by atoms with van der Waals surface area (Å²) in [6.07, 6.45) is 3.24. The van der Waals surface area contributed by atoms with Crippen LogP contribution in [0.4, 0.5) is 4.79 Å². The average molecular weight is 243 g/mol. The van der Waals surface area contributed by atoms with Crippen LogP contribution in [0.15, 0.2) is 0 Å². The van der Waals surface area contributed by atoms with Gasteiger partial charge in [-0.3, -0.25) is 0 Å². The minimum absolute atomic E-state index is 0.133. The number of nitrogens with zero attached hydrogens (tertiary/aromatic N) is 1. The standard InChI is InChI=1S/C13H27N2O2/c1-11(2)14-15(9-7-6-8-10-15)12(16)17-13(3,4)5/h11,14H,6-10H2,1-5H3/q+1. The quantitative estimate of drug-likeness (QED) is 0.758. The molecule has 0 aromatic carbocycles. The molecule has 1 N–H and O–H groups in total. The predicted molar refractivity (Wildman–Crippen MR) is 68.4 cm³/mol. The van der Waals surface area contributed by atoms with E-state index in [1.54, 1.807) is 0 Å². The van der Waals surface area contributed by atoms with E-state index < -0.39 is 5.60 Å². The van der Waals surface area contributed by atoms with Crippen LogP contribution in [0, 0.1) is 0 Å². The van der Waals surface area contributed by atoms with Crippen molar-refractivity contribution in [3.05, 3.63) is 0 Å². The average Bonchev–Trinajstić information content (AvgIpc) is 2.15. The first kappa shape index (κ1) is 14.5. The van der Waals surface area contributed by atoms with Crippen LogP contribution in [-0.4, -0.2) is 35.4 Å². The number of carbonyl (C=O) groups excluding carboxylic acids is 1. The maximum absolute atomic E-state index is 12.4. The Morgan fingerprint density at radius 3 is 2.12 bits per heavy atom. The van der Waals surface area contributed by atoms with Crippen molar-refractivity contribution in [1.29, 1.82) is 0 Å². The molecule has 100 valence electrons. The topological polar surface area (TPSA) is 38.3 Å². The smallest absolute Gasteiger partial charge is 0.413 e. The fourth-order valence-electron chi connectivity index (χ4n) is 2.26. The Balaban J connectivity index is 2.78. The van der Waals surface area contributed by atoms with Gasteiger partial charge < -0.3 is 4.74 Å². The monoisotopic (exact) mass is 243 g/mol. The van der Waals surface area contributed by atoms with Crippen molar-refractivity contribution in [3.63, 3.8) is 0 Å². The second kappa shape index (κ2) is 5.36. The first-order valence-electron chi connectivity index (χ1n) is 6.64. The van der Waals surface area contributed by atoms with Crippen molar-refractivity contribution >= 4 is 6.09 Å².